The van der Waals surface area contributed by atoms with Gasteiger partial charge in [0.15, 0.2) is 0 Å². The lowest BCUT2D eigenvalue weighted by molar-refractivity contribution is 0.257. The third kappa shape index (κ3) is 3.11. The Morgan fingerprint density at radius 2 is 2.13 bits per heavy atom. The molecule has 1 unspecified atom stereocenters. The summed E-state index contributed by atoms with van der Waals surface area (Å²) in [5, 5.41) is 10.4. The summed E-state index contributed by atoms with van der Waals surface area (Å²) in [7, 11) is 2.05. The van der Waals surface area contributed by atoms with Crippen LogP contribution in [0.2, 0.25) is 5.02 Å². The van der Waals surface area contributed by atoms with Crippen LogP contribution < -0.4 is 0 Å². The molecule has 0 saturated heterocycles. The van der Waals surface area contributed by atoms with Crippen LogP contribution in [0.4, 0.5) is 0 Å². The Labute approximate surface area is 96.5 Å². The van der Waals surface area contributed by atoms with Gasteiger partial charge in [-0.25, -0.2) is 0 Å². The van der Waals surface area contributed by atoms with Gasteiger partial charge < -0.3 is 5.11 Å². The van der Waals surface area contributed by atoms with Crippen LogP contribution in [0, 0.1) is 0 Å². The Morgan fingerprint density at radius 3 is 2.73 bits per heavy atom. The molecular formula is C12H18ClNO. The molecule has 0 aliphatic carbocycles. The largest absolute Gasteiger partial charge is 0.508 e. The molecule has 0 saturated carbocycles. The first-order valence-electron chi connectivity index (χ1n) is 5.25. The Morgan fingerprint density at radius 1 is 1.47 bits per heavy atom. The van der Waals surface area contributed by atoms with E-state index in [0.29, 0.717) is 10.8 Å². The van der Waals surface area contributed by atoms with E-state index in [1.165, 1.54) is 0 Å². The molecule has 0 aliphatic rings. The number of nitrogens with zero attached hydrogens (tertiary/aromatic N) is 1. The molecular weight excluding hydrogens is 210 g/mol. The van der Waals surface area contributed by atoms with E-state index in [2.05, 4.69) is 25.8 Å². The predicted octanol–water partition coefficient (Wildman–Crippen LogP) is 3.45. The van der Waals surface area contributed by atoms with Crippen molar-refractivity contribution in [3.63, 3.8) is 0 Å². The number of benzene rings is 1. The van der Waals surface area contributed by atoms with Crippen molar-refractivity contribution in [2.45, 2.75) is 26.3 Å². The smallest absolute Gasteiger partial charge is 0.120 e. The van der Waals surface area contributed by atoms with Crippen molar-refractivity contribution < 1.29 is 5.11 Å². The first-order valence-corrected chi connectivity index (χ1v) is 5.62. The molecule has 0 bridgehead atoms. The third-order valence-corrected chi connectivity index (χ3v) is 2.91. The van der Waals surface area contributed by atoms with Gasteiger partial charge in [0.2, 0.25) is 0 Å². The van der Waals surface area contributed by atoms with Crippen LogP contribution in [0.15, 0.2) is 18.2 Å². The molecule has 1 aromatic carbocycles. The molecule has 1 N–H and O–H groups in total. The number of hydrogen-bond donors (Lipinski definition) is 1. The van der Waals surface area contributed by atoms with Crippen molar-refractivity contribution in [1.82, 2.24) is 4.90 Å². The highest BCUT2D eigenvalue weighted by atomic mass is 35.5. The van der Waals surface area contributed by atoms with Crippen LogP contribution in [0.1, 0.15) is 31.9 Å². The maximum absolute atomic E-state index is 9.74. The molecule has 0 heterocycles. The van der Waals surface area contributed by atoms with Crippen LogP contribution in [-0.4, -0.2) is 23.6 Å². The summed E-state index contributed by atoms with van der Waals surface area (Å²) < 4.78 is 0. The fourth-order valence-corrected chi connectivity index (χ4v) is 1.82. The lowest BCUT2D eigenvalue weighted by Gasteiger charge is -2.25. The fraction of sp³-hybridized carbons (Fsp3) is 0.500. The van der Waals surface area contributed by atoms with E-state index in [1.54, 1.807) is 12.1 Å². The zero-order valence-corrected chi connectivity index (χ0v) is 10.3. The van der Waals surface area contributed by atoms with E-state index >= 15 is 0 Å². The third-order valence-electron chi connectivity index (χ3n) is 2.68. The quantitative estimate of drug-likeness (QED) is 0.852. The number of phenolic OH excluding ortho intramolecular Hbond substituents is 1. The van der Waals surface area contributed by atoms with Gasteiger partial charge in [-0.05, 0) is 45.1 Å². The molecule has 0 amide bonds. The standard InChI is InChI=1S/C12H18ClNO/c1-4-7-14(3)9(2)11-8-10(13)5-6-12(11)15/h5-6,8-9,15H,4,7H2,1-3H3. The first kappa shape index (κ1) is 12.3. The van der Waals surface area contributed by atoms with Crippen molar-refractivity contribution in [2.24, 2.45) is 0 Å². The summed E-state index contributed by atoms with van der Waals surface area (Å²) in [5.41, 5.74) is 0.887. The van der Waals surface area contributed by atoms with Gasteiger partial charge in [0, 0.05) is 16.6 Å². The SMILES string of the molecule is CCCN(C)C(C)c1cc(Cl)ccc1O. The molecule has 15 heavy (non-hydrogen) atoms. The van der Waals surface area contributed by atoms with Crippen LogP contribution >= 0.6 is 11.6 Å². The molecule has 0 radical (unpaired) electrons. The van der Waals surface area contributed by atoms with E-state index in [-0.39, 0.29) is 6.04 Å². The lowest BCUT2D eigenvalue weighted by atomic mass is 10.1. The molecule has 2 nitrogen and oxygen atoms in total. The number of aromatic hydroxyl groups is 1. The van der Waals surface area contributed by atoms with Crippen LogP contribution in [0.5, 0.6) is 5.75 Å². The summed E-state index contributed by atoms with van der Waals surface area (Å²) in [5.74, 6) is 0.315. The number of halogens is 1. The zero-order valence-electron chi connectivity index (χ0n) is 9.50. The minimum Gasteiger partial charge on any atom is -0.508 e. The van der Waals surface area contributed by atoms with Gasteiger partial charge in [-0.1, -0.05) is 18.5 Å². The minimum absolute atomic E-state index is 0.184. The van der Waals surface area contributed by atoms with Gasteiger partial charge in [-0.2, -0.15) is 0 Å². The molecule has 84 valence electrons. The molecule has 1 aromatic rings. The molecule has 0 aromatic heterocycles. The molecule has 1 rings (SSSR count). The minimum atomic E-state index is 0.184. The van der Waals surface area contributed by atoms with Gasteiger partial charge in [-0.3, -0.25) is 4.90 Å². The molecule has 1 atom stereocenters. The predicted molar refractivity (Wildman–Crippen MR) is 64.5 cm³/mol. The Kier molecular flexibility index (Phi) is 4.43. The maximum atomic E-state index is 9.74. The summed E-state index contributed by atoms with van der Waals surface area (Å²) in [6, 6.07) is 5.36. The summed E-state index contributed by atoms with van der Waals surface area (Å²) in [4.78, 5) is 2.20. The second-order valence-corrected chi connectivity index (χ2v) is 4.30. The molecule has 0 aliphatic heterocycles. The second kappa shape index (κ2) is 5.38. The highest BCUT2D eigenvalue weighted by Crippen LogP contribution is 2.30. The van der Waals surface area contributed by atoms with Crippen molar-refractivity contribution in [2.75, 3.05) is 13.6 Å². The Hall–Kier alpha value is -0.730. The number of hydrogen-bond acceptors (Lipinski definition) is 2. The van der Waals surface area contributed by atoms with Crippen LogP contribution in [-0.2, 0) is 0 Å². The fourth-order valence-electron chi connectivity index (χ4n) is 1.64. The number of rotatable bonds is 4. The van der Waals surface area contributed by atoms with E-state index in [4.69, 9.17) is 11.6 Å². The summed E-state index contributed by atoms with van der Waals surface area (Å²) >= 11 is 5.91. The monoisotopic (exact) mass is 227 g/mol. The van der Waals surface area contributed by atoms with E-state index in [9.17, 15) is 5.11 Å². The van der Waals surface area contributed by atoms with Crippen LogP contribution in [0.25, 0.3) is 0 Å². The summed E-state index contributed by atoms with van der Waals surface area (Å²) in [6.45, 7) is 5.22. The average Bonchev–Trinajstić information content (AvgIpc) is 2.21. The van der Waals surface area contributed by atoms with Gasteiger partial charge in [0.1, 0.15) is 5.75 Å². The lowest BCUT2D eigenvalue weighted by Crippen LogP contribution is -2.23. The van der Waals surface area contributed by atoms with Crippen molar-refractivity contribution in [1.29, 1.82) is 0 Å². The molecule has 3 heteroatoms. The van der Waals surface area contributed by atoms with Gasteiger partial charge in [-0.15, -0.1) is 0 Å². The van der Waals surface area contributed by atoms with Gasteiger partial charge in [0.25, 0.3) is 0 Å². The average molecular weight is 228 g/mol. The van der Waals surface area contributed by atoms with E-state index in [0.717, 1.165) is 18.5 Å². The van der Waals surface area contributed by atoms with E-state index in [1.807, 2.05) is 6.07 Å². The number of phenols is 1. The highest BCUT2D eigenvalue weighted by Gasteiger charge is 2.14. The van der Waals surface area contributed by atoms with Crippen molar-refractivity contribution >= 4 is 11.6 Å². The Balaban J connectivity index is 2.89. The van der Waals surface area contributed by atoms with Crippen LogP contribution in [0.3, 0.4) is 0 Å². The first-order chi connectivity index (χ1) is 7.06. The highest BCUT2D eigenvalue weighted by molar-refractivity contribution is 6.30. The maximum Gasteiger partial charge on any atom is 0.120 e. The van der Waals surface area contributed by atoms with E-state index < -0.39 is 0 Å². The second-order valence-electron chi connectivity index (χ2n) is 3.86. The van der Waals surface area contributed by atoms with Gasteiger partial charge in [0.05, 0.1) is 0 Å². The molecule has 0 spiro atoms. The Bertz CT molecular complexity index is 327. The normalized spacial score (nSPS) is 13.1. The van der Waals surface area contributed by atoms with Crippen molar-refractivity contribution in [3.8, 4) is 5.75 Å². The van der Waals surface area contributed by atoms with Crippen molar-refractivity contribution in [3.05, 3.63) is 28.8 Å². The van der Waals surface area contributed by atoms with Gasteiger partial charge >= 0.3 is 0 Å². The molecule has 0 fully saturated rings. The summed E-state index contributed by atoms with van der Waals surface area (Å²) in [6.07, 6.45) is 1.10. The topological polar surface area (TPSA) is 23.5 Å². The zero-order chi connectivity index (χ0) is 11.4.